The summed E-state index contributed by atoms with van der Waals surface area (Å²) < 4.78 is 10.7. The first-order valence-corrected chi connectivity index (χ1v) is 5.33. The van der Waals surface area contributed by atoms with E-state index in [0.29, 0.717) is 6.61 Å². The lowest BCUT2D eigenvalue weighted by Gasteiger charge is -2.19. The molecule has 16 heavy (non-hydrogen) atoms. The molecule has 82 valence electrons. The quantitative estimate of drug-likeness (QED) is 0.715. The Morgan fingerprint density at radius 2 is 2.44 bits per heavy atom. The molecule has 1 N–H and O–H groups in total. The van der Waals surface area contributed by atoms with E-state index in [1.807, 2.05) is 19.1 Å². The first-order chi connectivity index (χ1) is 7.88. The van der Waals surface area contributed by atoms with Crippen LogP contribution in [0.4, 0.5) is 11.4 Å². The molecule has 1 aromatic heterocycles. The second kappa shape index (κ2) is 3.56. The fraction of sp³-hybridized carbons (Fsp3) is 0.250. The molecular weight excluding hydrogens is 204 g/mol. The average Bonchev–Trinajstić information content (AvgIpc) is 2.74. The third kappa shape index (κ3) is 1.34. The number of para-hydroxylation sites is 1. The lowest BCUT2D eigenvalue weighted by atomic mass is 10.0. The van der Waals surface area contributed by atoms with E-state index in [1.54, 1.807) is 6.20 Å². The van der Waals surface area contributed by atoms with Crippen LogP contribution in [0, 0.1) is 0 Å². The fourth-order valence-electron chi connectivity index (χ4n) is 1.94. The van der Waals surface area contributed by atoms with Gasteiger partial charge < -0.3 is 14.6 Å². The van der Waals surface area contributed by atoms with Gasteiger partial charge in [-0.15, -0.1) is 0 Å². The summed E-state index contributed by atoms with van der Waals surface area (Å²) in [5.74, 6) is 1.76. The van der Waals surface area contributed by atoms with Crippen LogP contribution < -0.4 is 10.1 Å². The van der Waals surface area contributed by atoms with E-state index in [1.165, 1.54) is 5.56 Å². The van der Waals surface area contributed by atoms with Gasteiger partial charge in [-0.2, -0.15) is 0 Å². The van der Waals surface area contributed by atoms with Crippen molar-refractivity contribution < 1.29 is 9.26 Å². The van der Waals surface area contributed by atoms with E-state index >= 15 is 0 Å². The number of hydrogen-bond acceptors (Lipinski definition) is 4. The molecule has 2 heterocycles. The lowest BCUT2D eigenvalue weighted by Crippen LogP contribution is -2.07. The van der Waals surface area contributed by atoms with Gasteiger partial charge in [0.1, 0.15) is 11.4 Å². The molecule has 0 bridgehead atoms. The number of anilines is 2. The highest BCUT2D eigenvalue weighted by atomic mass is 16.5. The van der Waals surface area contributed by atoms with Crippen molar-refractivity contribution >= 4 is 11.4 Å². The maximum atomic E-state index is 5.58. The van der Waals surface area contributed by atoms with Gasteiger partial charge in [-0.05, 0) is 18.6 Å². The van der Waals surface area contributed by atoms with Crippen molar-refractivity contribution in [3.63, 3.8) is 0 Å². The highest BCUT2D eigenvalue weighted by Crippen LogP contribution is 2.38. The predicted octanol–water partition coefficient (Wildman–Crippen LogP) is 2.72. The number of ether oxygens (including phenoxy) is 1. The monoisotopic (exact) mass is 216 g/mol. The van der Waals surface area contributed by atoms with Gasteiger partial charge in [-0.25, -0.2) is 0 Å². The minimum atomic E-state index is 0.661. The first-order valence-electron chi connectivity index (χ1n) is 5.33. The van der Waals surface area contributed by atoms with Gasteiger partial charge in [-0.1, -0.05) is 17.3 Å². The first kappa shape index (κ1) is 9.27. The van der Waals surface area contributed by atoms with Gasteiger partial charge >= 0.3 is 0 Å². The zero-order chi connectivity index (χ0) is 11.0. The van der Waals surface area contributed by atoms with Crippen molar-refractivity contribution in [2.75, 3.05) is 11.9 Å². The molecular formula is C12H12N2O2. The van der Waals surface area contributed by atoms with Gasteiger partial charge in [0.15, 0.2) is 5.76 Å². The van der Waals surface area contributed by atoms with E-state index in [4.69, 9.17) is 9.26 Å². The normalized spacial score (nSPS) is 12.6. The Kier molecular flexibility index (Phi) is 2.06. The number of fused-ring (bicyclic) bond motifs is 2. The van der Waals surface area contributed by atoms with Crippen molar-refractivity contribution in [3.8, 4) is 5.75 Å². The Morgan fingerprint density at radius 1 is 1.50 bits per heavy atom. The van der Waals surface area contributed by atoms with Gasteiger partial charge in [0, 0.05) is 6.42 Å². The molecule has 3 rings (SSSR count). The summed E-state index contributed by atoms with van der Waals surface area (Å²) >= 11 is 0. The number of nitrogens with one attached hydrogen (secondary N) is 1. The predicted molar refractivity (Wildman–Crippen MR) is 60.2 cm³/mol. The van der Waals surface area contributed by atoms with Crippen molar-refractivity contribution in [1.82, 2.24) is 5.16 Å². The molecule has 1 aliphatic rings. The molecule has 4 nitrogen and oxygen atoms in total. The largest absolute Gasteiger partial charge is 0.492 e. The number of hydrogen-bond donors (Lipinski definition) is 1. The summed E-state index contributed by atoms with van der Waals surface area (Å²) in [6.45, 7) is 2.64. The average molecular weight is 216 g/mol. The van der Waals surface area contributed by atoms with Crippen LogP contribution >= 0.6 is 0 Å². The van der Waals surface area contributed by atoms with Crippen LogP contribution in [0.5, 0.6) is 5.75 Å². The minimum absolute atomic E-state index is 0.661. The van der Waals surface area contributed by atoms with Crippen LogP contribution in [0.3, 0.4) is 0 Å². The summed E-state index contributed by atoms with van der Waals surface area (Å²) in [5, 5.41) is 7.08. The number of nitrogens with zero attached hydrogens (tertiary/aromatic N) is 1. The third-order valence-electron chi connectivity index (χ3n) is 2.67. The molecule has 2 aromatic rings. The van der Waals surface area contributed by atoms with Crippen LogP contribution in [0.25, 0.3) is 0 Å². The standard InChI is InChI=1S/C12H12N2O2/c1-2-15-10-5-3-4-8-6-11-9(7-13-16-11)14-12(8)10/h3-5,7,14H,2,6H2,1H3. The second-order valence-corrected chi connectivity index (χ2v) is 3.69. The Balaban J connectivity index is 2.05. The zero-order valence-corrected chi connectivity index (χ0v) is 8.99. The summed E-state index contributed by atoms with van der Waals surface area (Å²) in [6.07, 6.45) is 2.46. The molecule has 0 saturated carbocycles. The molecule has 0 atom stereocenters. The summed E-state index contributed by atoms with van der Waals surface area (Å²) in [6, 6.07) is 6.02. The Morgan fingerprint density at radius 3 is 3.31 bits per heavy atom. The molecule has 0 saturated heterocycles. The Bertz CT molecular complexity index is 519. The third-order valence-corrected chi connectivity index (χ3v) is 2.67. The Hall–Kier alpha value is -1.97. The van der Waals surface area contributed by atoms with E-state index in [0.717, 1.165) is 29.3 Å². The van der Waals surface area contributed by atoms with E-state index < -0.39 is 0 Å². The van der Waals surface area contributed by atoms with E-state index in [-0.39, 0.29) is 0 Å². The molecule has 0 spiro atoms. The highest BCUT2D eigenvalue weighted by Gasteiger charge is 2.21. The van der Waals surface area contributed by atoms with Crippen molar-refractivity contribution in [2.24, 2.45) is 0 Å². The Labute approximate surface area is 93.2 Å². The lowest BCUT2D eigenvalue weighted by molar-refractivity contribution is 0.341. The number of benzene rings is 1. The zero-order valence-electron chi connectivity index (χ0n) is 8.99. The highest BCUT2D eigenvalue weighted by molar-refractivity contribution is 5.74. The van der Waals surface area contributed by atoms with Gasteiger partial charge in [-0.3, -0.25) is 0 Å². The summed E-state index contributed by atoms with van der Waals surface area (Å²) in [4.78, 5) is 0. The fourth-order valence-corrected chi connectivity index (χ4v) is 1.94. The minimum Gasteiger partial charge on any atom is -0.492 e. The molecule has 0 fully saturated rings. The van der Waals surface area contributed by atoms with Gasteiger partial charge in [0.25, 0.3) is 0 Å². The van der Waals surface area contributed by atoms with Crippen molar-refractivity contribution in [1.29, 1.82) is 0 Å². The topological polar surface area (TPSA) is 47.3 Å². The van der Waals surface area contributed by atoms with Crippen molar-refractivity contribution in [3.05, 3.63) is 35.7 Å². The van der Waals surface area contributed by atoms with Gasteiger partial charge in [0.2, 0.25) is 0 Å². The molecule has 1 aromatic carbocycles. The summed E-state index contributed by atoms with van der Waals surface area (Å²) in [7, 11) is 0. The summed E-state index contributed by atoms with van der Waals surface area (Å²) in [5.41, 5.74) is 3.13. The number of aromatic nitrogens is 1. The van der Waals surface area contributed by atoms with Crippen LogP contribution in [0.15, 0.2) is 28.9 Å². The van der Waals surface area contributed by atoms with Crippen molar-refractivity contribution in [2.45, 2.75) is 13.3 Å². The van der Waals surface area contributed by atoms with Crippen LogP contribution in [-0.4, -0.2) is 11.8 Å². The molecule has 0 unspecified atom stereocenters. The van der Waals surface area contributed by atoms with Crippen LogP contribution in [0.2, 0.25) is 0 Å². The van der Waals surface area contributed by atoms with E-state index in [2.05, 4.69) is 16.5 Å². The molecule has 0 radical (unpaired) electrons. The maximum Gasteiger partial charge on any atom is 0.164 e. The maximum absolute atomic E-state index is 5.58. The molecule has 4 heteroatoms. The van der Waals surface area contributed by atoms with E-state index in [9.17, 15) is 0 Å². The molecule has 0 amide bonds. The number of rotatable bonds is 2. The van der Waals surface area contributed by atoms with Crippen LogP contribution in [-0.2, 0) is 6.42 Å². The molecule has 1 aliphatic heterocycles. The van der Waals surface area contributed by atoms with Gasteiger partial charge in [0.05, 0.1) is 18.5 Å². The second-order valence-electron chi connectivity index (χ2n) is 3.69. The van der Waals surface area contributed by atoms with Crippen LogP contribution in [0.1, 0.15) is 18.2 Å². The smallest absolute Gasteiger partial charge is 0.164 e. The molecule has 0 aliphatic carbocycles. The SMILES string of the molecule is CCOc1cccc2c1Nc1cnoc1C2.